The fourth-order valence-electron chi connectivity index (χ4n) is 4.20. The largest absolute Gasteiger partial charge is 0.497 e. The Labute approximate surface area is 220 Å². The molecule has 192 valence electrons. The molecule has 0 unspecified atom stereocenters. The van der Waals surface area contributed by atoms with Gasteiger partial charge in [-0.15, -0.1) is 0 Å². The van der Waals surface area contributed by atoms with E-state index < -0.39 is 0 Å². The number of carbonyl (C=O) groups is 1. The number of methoxy groups -OCH3 is 1. The van der Waals surface area contributed by atoms with Crippen LogP contribution in [0.2, 0.25) is 5.02 Å². The van der Waals surface area contributed by atoms with Crippen LogP contribution in [0.4, 0.5) is 5.69 Å². The normalized spacial score (nSPS) is 15.4. The van der Waals surface area contributed by atoms with Crippen molar-refractivity contribution in [1.29, 1.82) is 0 Å². The number of aromatic nitrogens is 1. The summed E-state index contributed by atoms with van der Waals surface area (Å²) in [5, 5.41) is 4.50. The minimum Gasteiger partial charge on any atom is -0.497 e. The third-order valence-electron chi connectivity index (χ3n) is 5.97. The van der Waals surface area contributed by atoms with Crippen LogP contribution in [-0.2, 0) is 16.1 Å². The summed E-state index contributed by atoms with van der Waals surface area (Å²) >= 11 is 6.24. The van der Waals surface area contributed by atoms with Gasteiger partial charge >= 0.3 is 0 Å². The van der Waals surface area contributed by atoms with E-state index in [1.165, 1.54) is 0 Å². The smallest absolute Gasteiger partial charge is 0.238 e. The fraction of sp³-hybridized carbons (Fsp3) is 0.250. The number of carbonyl (C=O) groups excluding carboxylic acids is 1. The minimum absolute atomic E-state index is 0.154. The van der Waals surface area contributed by atoms with Crippen LogP contribution in [0.1, 0.15) is 5.69 Å². The molecule has 0 radical (unpaired) electrons. The van der Waals surface area contributed by atoms with Crippen LogP contribution in [-0.4, -0.2) is 55.8 Å². The monoisotopic (exact) mass is 521 g/mol. The van der Waals surface area contributed by atoms with Crippen molar-refractivity contribution in [2.45, 2.75) is 6.54 Å². The number of rotatable bonds is 3. The Morgan fingerprint density at radius 2 is 1.84 bits per heavy atom. The predicted octanol–water partition coefficient (Wildman–Crippen LogP) is 5.47. The van der Waals surface area contributed by atoms with Crippen molar-refractivity contribution < 1.29 is 23.7 Å². The fourth-order valence-corrected chi connectivity index (χ4v) is 4.37. The van der Waals surface area contributed by atoms with E-state index in [9.17, 15) is 4.79 Å². The van der Waals surface area contributed by atoms with Gasteiger partial charge in [-0.2, -0.15) is 0 Å². The molecular formula is C28H28ClN3O5. The van der Waals surface area contributed by atoms with E-state index in [-0.39, 0.29) is 12.5 Å². The summed E-state index contributed by atoms with van der Waals surface area (Å²) in [5.41, 5.74) is 2.47. The Morgan fingerprint density at radius 1 is 0.973 bits per heavy atom. The first-order valence-electron chi connectivity index (χ1n) is 12.0. The van der Waals surface area contributed by atoms with E-state index in [0.717, 1.165) is 22.3 Å². The van der Waals surface area contributed by atoms with E-state index in [0.29, 0.717) is 60.9 Å². The number of aromatic amines is 1. The first kappa shape index (κ1) is 25.0. The number of anilines is 1. The second kappa shape index (κ2) is 11.6. The number of amides is 1. The van der Waals surface area contributed by atoms with Gasteiger partial charge in [-0.3, -0.25) is 9.69 Å². The molecule has 5 rings (SSSR count). The van der Waals surface area contributed by atoms with Crippen LogP contribution in [0.5, 0.6) is 23.0 Å². The SMILES string of the molecule is COc1ccc2[nH]c(CN3CCOCCOc4ccccc4Oc4ccc(Cl)cc4NC(=O)C3)cc2c1. The topological polar surface area (TPSA) is 85.1 Å². The number of hydrogen-bond donors (Lipinski definition) is 2. The number of ether oxygens (including phenoxy) is 4. The molecule has 1 aliphatic heterocycles. The van der Waals surface area contributed by atoms with Crippen molar-refractivity contribution in [2.75, 3.05) is 45.3 Å². The highest BCUT2D eigenvalue weighted by Gasteiger charge is 2.17. The lowest BCUT2D eigenvalue weighted by molar-refractivity contribution is -0.117. The zero-order chi connectivity index (χ0) is 25.6. The zero-order valence-electron chi connectivity index (χ0n) is 20.5. The Balaban J connectivity index is 1.38. The number of halogens is 1. The Kier molecular flexibility index (Phi) is 7.79. The van der Waals surface area contributed by atoms with Crippen LogP contribution in [0, 0.1) is 0 Å². The number of H-pyrrole nitrogens is 1. The molecule has 2 heterocycles. The quantitative estimate of drug-likeness (QED) is 0.372. The summed E-state index contributed by atoms with van der Waals surface area (Å²) in [6, 6.07) is 20.5. The van der Waals surface area contributed by atoms with Gasteiger partial charge in [0.15, 0.2) is 17.2 Å². The molecule has 37 heavy (non-hydrogen) atoms. The van der Waals surface area contributed by atoms with E-state index in [1.807, 2.05) is 47.4 Å². The molecule has 1 amide bonds. The van der Waals surface area contributed by atoms with Crippen molar-refractivity contribution in [3.63, 3.8) is 0 Å². The number of fused-ring (bicyclic) bond motifs is 3. The standard InChI is InChI=1S/C28H28ClN3O5/c1-34-22-7-8-23-19(15-22)14-21(30-23)17-32-10-11-35-12-13-36-26-4-2-3-5-27(26)37-25-9-6-20(29)16-24(25)31-28(33)18-32/h2-9,14-16,30H,10-13,17-18H2,1H3,(H,31,33). The summed E-state index contributed by atoms with van der Waals surface area (Å²) in [6.45, 7) is 2.48. The molecule has 0 saturated carbocycles. The van der Waals surface area contributed by atoms with Crippen LogP contribution in [0.15, 0.2) is 66.7 Å². The third-order valence-corrected chi connectivity index (χ3v) is 6.20. The minimum atomic E-state index is -0.190. The lowest BCUT2D eigenvalue weighted by atomic mass is 10.2. The van der Waals surface area contributed by atoms with E-state index >= 15 is 0 Å². The highest BCUT2D eigenvalue weighted by molar-refractivity contribution is 6.31. The highest BCUT2D eigenvalue weighted by atomic mass is 35.5. The number of para-hydroxylation sites is 2. The van der Waals surface area contributed by atoms with Gasteiger partial charge in [0, 0.05) is 34.7 Å². The lowest BCUT2D eigenvalue weighted by Crippen LogP contribution is -2.35. The molecule has 8 nitrogen and oxygen atoms in total. The molecule has 0 atom stereocenters. The lowest BCUT2D eigenvalue weighted by Gasteiger charge is -2.21. The summed E-state index contributed by atoms with van der Waals surface area (Å²) in [5.74, 6) is 2.20. The first-order chi connectivity index (χ1) is 18.1. The second-order valence-electron chi connectivity index (χ2n) is 8.66. The Bertz CT molecular complexity index is 1390. The van der Waals surface area contributed by atoms with Crippen molar-refractivity contribution in [2.24, 2.45) is 0 Å². The van der Waals surface area contributed by atoms with Gasteiger partial charge in [-0.25, -0.2) is 0 Å². The molecule has 0 spiro atoms. The molecule has 3 aromatic carbocycles. The average Bonchev–Trinajstić information content (AvgIpc) is 3.29. The maximum Gasteiger partial charge on any atom is 0.238 e. The van der Waals surface area contributed by atoms with Crippen molar-refractivity contribution in [3.8, 4) is 23.0 Å². The Hall–Kier alpha value is -3.72. The first-order valence-corrected chi connectivity index (χ1v) is 12.4. The molecule has 0 saturated heterocycles. The summed E-state index contributed by atoms with van der Waals surface area (Å²) < 4.78 is 23.2. The molecule has 9 heteroatoms. The van der Waals surface area contributed by atoms with Crippen molar-refractivity contribution in [3.05, 3.63) is 77.4 Å². The van der Waals surface area contributed by atoms with Gasteiger partial charge in [0.2, 0.25) is 5.91 Å². The molecule has 2 N–H and O–H groups in total. The van der Waals surface area contributed by atoms with Gasteiger partial charge in [0.05, 0.1) is 32.6 Å². The number of nitrogens with zero attached hydrogens (tertiary/aromatic N) is 1. The molecule has 4 aromatic rings. The summed E-state index contributed by atoms with van der Waals surface area (Å²) in [6.07, 6.45) is 0. The molecule has 0 bridgehead atoms. The zero-order valence-corrected chi connectivity index (χ0v) is 21.2. The third kappa shape index (κ3) is 6.35. The van der Waals surface area contributed by atoms with E-state index in [1.54, 1.807) is 25.3 Å². The average molecular weight is 522 g/mol. The van der Waals surface area contributed by atoms with Gasteiger partial charge in [0.1, 0.15) is 12.4 Å². The number of hydrogen-bond acceptors (Lipinski definition) is 6. The highest BCUT2D eigenvalue weighted by Crippen LogP contribution is 2.36. The van der Waals surface area contributed by atoms with Crippen molar-refractivity contribution in [1.82, 2.24) is 9.88 Å². The number of nitrogens with one attached hydrogen (secondary N) is 2. The van der Waals surface area contributed by atoms with Gasteiger partial charge in [-0.05, 0) is 54.6 Å². The maximum atomic E-state index is 13.2. The Morgan fingerprint density at radius 3 is 2.70 bits per heavy atom. The molecule has 1 aromatic heterocycles. The van der Waals surface area contributed by atoms with E-state index in [2.05, 4.69) is 16.4 Å². The van der Waals surface area contributed by atoms with E-state index in [4.69, 9.17) is 30.5 Å². The van der Waals surface area contributed by atoms with Crippen molar-refractivity contribution >= 4 is 34.1 Å². The second-order valence-corrected chi connectivity index (χ2v) is 9.09. The van der Waals surface area contributed by atoms with Crippen LogP contribution in [0.25, 0.3) is 10.9 Å². The molecule has 0 aliphatic carbocycles. The van der Waals surface area contributed by atoms with Gasteiger partial charge < -0.3 is 29.2 Å². The van der Waals surface area contributed by atoms with Crippen LogP contribution in [0.3, 0.4) is 0 Å². The van der Waals surface area contributed by atoms with Crippen LogP contribution >= 0.6 is 11.6 Å². The maximum absolute atomic E-state index is 13.2. The predicted molar refractivity (Wildman–Crippen MR) is 143 cm³/mol. The van der Waals surface area contributed by atoms with Gasteiger partial charge in [-0.1, -0.05) is 23.7 Å². The number of benzene rings is 3. The van der Waals surface area contributed by atoms with Crippen LogP contribution < -0.4 is 19.5 Å². The summed E-state index contributed by atoms with van der Waals surface area (Å²) in [7, 11) is 1.65. The summed E-state index contributed by atoms with van der Waals surface area (Å²) in [4.78, 5) is 18.6. The molecule has 1 aliphatic rings. The molecule has 0 fully saturated rings. The molecular weight excluding hydrogens is 494 g/mol. The van der Waals surface area contributed by atoms with Gasteiger partial charge in [0.25, 0.3) is 0 Å².